The fourth-order valence-corrected chi connectivity index (χ4v) is 2.16. The van der Waals surface area contributed by atoms with Crippen LogP contribution in [0.3, 0.4) is 0 Å². The van der Waals surface area contributed by atoms with Crippen LogP contribution in [0.2, 0.25) is 0 Å². The van der Waals surface area contributed by atoms with Gasteiger partial charge in [-0.05, 0) is 25.1 Å². The van der Waals surface area contributed by atoms with E-state index in [-0.39, 0.29) is 11.1 Å². The molecule has 104 valence electrons. The highest BCUT2D eigenvalue weighted by Crippen LogP contribution is 2.19. The van der Waals surface area contributed by atoms with Crippen molar-refractivity contribution in [1.82, 2.24) is 4.90 Å². The number of aryl methyl sites for hydroxylation is 1. The number of likely N-dealkylation sites (N-methyl/N-ethyl adjacent to an activating group) is 1. The van der Waals surface area contributed by atoms with Crippen molar-refractivity contribution < 1.29 is 18.3 Å². The van der Waals surface area contributed by atoms with E-state index < -0.39 is 23.5 Å². The normalized spacial score (nSPS) is 20.5. The van der Waals surface area contributed by atoms with Crippen LogP contribution in [0.1, 0.15) is 22.8 Å². The Bertz CT molecular complexity index is 491. The van der Waals surface area contributed by atoms with Crippen molar-refractivity contribution in [2.75, 3.05) is 26.2 Å². The summed E-state index contributed by atoms with van der Waals surface area (Å²) in [7, 11) is 0. The van der Waals surface area contributed by atoms with Crippen LogP contribution in [0.15, 0.2) is 12.1 Å². The van der Waals surface area contributed by atoms with Gasteiger partial charge in [-0.15, -0.1) is 0 Å². The number of hydrogen-bond donors (Lipinski definition) is 0. The number of ketones is 1. The molecule has 0 N–H and O–H groups in total. The average Bonchev–Trinajstić information content (AvgIpc) is 2.44. The summed E-state index contributed by atoms with van der Waals surface area (Å²) < 4.78 is 32.6. The molecule has 0 aromatic heterocycles. The van der Waals surface area contributed by atoms with E-state index in [0.29, 0.717) is 13.2 Å². The Hall–Kier alpha value is -1.33. The molecule has 3 nitrogen and oxygen atoms in total. The van der Waals surface area contributed by atoms with Gasteiger partial charge in [-0.1, -0.05) is 13.0 Å². The number of benzene rings is 1. The molecule has 0 amide bonds. The highest BCUT2D eigenvalue weighted by Gasteiger charge is 2.29. The summed E-state index contributed by atoms with van der Waals surface area (Å²) in [5.41, 5.74) is -0.0418. The van der Waals surface area contributed by atoms with Crippen LogP contribution in [0.4, 0.5) is 8.78 Å². The van der Waals surface area contributed by atoms with Gasteiger partial charge in [0.05, 0.1) is 12.2 Å². The smallest absolute Gasteiger partial charge is 0.195 e. The molecule has 1 atom stereocenters. The predicted molar refractivity (Wildman–Crippen MR) is 67.3 cm³/mol. The summed E-state index contributed by atoms with van der Waals surface area (Å²) in [5, 5.41) is 0. The fourth-order valence-electron chi connectivity index (χ4n) is 2.16. The summed E-state index contributed by atoms with van der Waals surface area (Å²) in [6, 6.07) is 2.73. The molecule has 1 aliphatic rings. The van der Waals surface area contributed by atoms with Gasteiger partial charge in [0.15, 0.2) is 17.4 Å². The maximum absolute atomic E-state index is 13.8. The van der Waals surface area contributed by atoms with Gasteiger partial charge in [0.1, 0.15) is 6.10 Å². The number of morpholine rings is 1. The minimum absolute atomic E-state index is 0.189. The first-order valence-electron chi connectivity index (χ1n) is 6.37. The molecule has 5 heteroatoms. The van der Waals surface area contributed by atoms with Crippen LogP contribution in [0.25, 0.3) is 0 Å². The largest absolute Gasteiger partial charge is 0.367 e. The number of Topliss-reactive ketones (excluding diaryl/α,β-unsaturated/α-hetero) is 1. The quantitative estimate of drug-likeness (QED) is 0.788. The van der Waals surface area contributed by atoms with Crippen molar-refractivity contribution in [1.29, 1.82) is 0 Å². The lowest BCUT2D eigenvalue weighted by Gasteiger charge is -2.31. The first-order valence-corrected chi connectivity index (χ1v) is 6.37. The molecule has 1 unspecified atom stereocenters. The van der Waals surface area contributed by atoms with Crippen molar-refractivity contribution in [2.24, 2.45) is 0 Å². The van der Waals surface area contributed by atoms with Crippen molar-refractivity contribution in [2.45, 2.75) is 20.0 Å². The van der Waals surface area contributed by atoms with E-state index in [1.165, 1.54) is 19.1 Å². The van der Waals surface area contributed by atoms with E-state index in [1.54, 1.807) is 0 Å². The monoisotopic (exact) mass is 269 g/mol. The number of carbonyl (C=O) groups excluding carboxylic acids is 1. The molecular weight excluding hydrogens is 252 g/mol. The van der Waals surface area contributed by atoms with E-state index in [1.807, 2.05) is 6.92 Å². The molecule has 0 saturated carbocycles. The number of nitrogens with zero attached hydrogens (tertiary/aromatic N) is 1. The first kappa shape index (κ1) is 14.1. The molecule has 0 spiro atoms. The summed E-state index contributed by atoms with van der Waals surface area (Å²) in [4.78, 5) is 14.2. The second kappa shape index (κ2) is 5.75. The third kappa shape index (κ3) is 2.82. The Morgan fingerprint density at radius 2 is 2.16 bits per heavy atom. The van der Waals surface area contributed by atoms with Crippen molar-refractivity contribution in [3.63, 3.8) is 0 Å². The van der Waals surface area contributed by atoms with Gasteiger partial charge in [-0.3, -0.25) is 9.69 Å². The van der Waals surface area contributed by atoms with Crippen molar-refractivity contribution in [3.05, 3.63) is 34.9 Å². The molecule has 1 aromatic rings. The Morgan fingerprint density at radius 1 is 1.42 bits per heavy atom. The maximum Gasteiger partial charge on any atom is 0.195 e. The zero-order chi connectivity index (χ0) is 14.0. The third-order valence-electron chi connectivity index (χ3n) is 3.43. The Labute approximate surface area is 111 Å². The second-order valence-corrected chi connectivity index (χ2v) is 4.67. The molecule has 1 aromatic carbocycles. The van der Waals surface area contributed by atoms with Crippen molar-refractivity contribution in [3.8, 4) is 0 Å². The molecule has 0 radical (unpaired) electrons. The maximum atomic E-state index is 13.8. The SMILES string of the molecule is CCN1CCOC(C(=O)c2ccc(C)c(F)c2F)C1. The number of ether oxygens (including phenoxy) is 1. The third-order valence-corrected chi connectivity index (χ3v) is 3.43. The van der Waals surface area contributed by atoms with Crippen LogP contribution in [-0.2, 0) is 4.74 Å². The van der Waals surface area contributed by atoms with Gasteiger partial charge in [-0.25, -0.2) is 8.78 Å². The first-order chi connectivity index (χ1) is 9.04. The highest BCUT2D eigenvalue weighted by atomic mass is 19.2. The minimum atomic E-state index is -1.08. The van der Waals surface area contributed by atoms with E-state index in [0.717, 1.165) is 13.1 Å². The van der Waals surface area contributed by atoms with Crippen LogP contribution >= 0.6 is 0 Å². The van der Waals surface area contributed by atoms with E-state index in [9.17, 15) is 13.6 Å². The Kier molecular flexibility index (Phi) is 4.27. The lowest BCUT2D eigenvalue weighted by molar-refractivity contribution is -0.0150. The Morgan fingerprint density at radius 3 is 2.84 bits per heavy atom. The van der Waals surface area contributed by atoms with Crippen LogP contribution in [-0.4, -0.2) is 43.0 Å². The number of rotatable bonds is 3. The van der Waals surface area contributed by atoms with E-state index in [4.69, 9.17) is 4.74 Å². The summed E-state index contributed by atoms with van der Waals surface area (Å²) in [5.74, 6) is -2.54. The van der Waals surface area contributed by atoms with Gasteiger partial charge in [0.2, 0.25) is 0 Å². The molecule has 1 saturated heterocycles. The lowest BCUT2D eigenvalue weighted by atomic mass is 10.0. The van der Waals surface area contributed by atoms with Gasteiger partial charge < -0.3 is 4.74 Å². The van der Waals surface area contributed by atoms with Crippen LogP contribution < -0.4 is 0 Å². The standard InChI is InChI=1S/C14H17F2NO2/c1-3-17-6-7-19-11(8-17)14(18)10-5-4-9(2)12(15)13(10)16/h4-5,11H,3,6-8H2,1-2H3. The van der Waals surface area contributed by atoms with Gasteiger partial charge >= 0.3 is 0 Å². The van der Waals surface area contributed by atoms with Gasteiger partial charge in [0, 0.05) is 13.1 Å². The molecule has 0 aliphatic carbocycles. The molecule has 1 aliphatic heterocycles. The summed E-state index contributed by atoms with van der Waals surface area (Å²) >= 11 is 0. The van der Waals surface area contributed by atoms with Gasteiger partial charge in [0.25, 0.3) is 0 Å². The lowest BCUT2D eigenvalue weighted by Crippen LogP contribution is -2.46. The molecule has 1 fully saturated rings. The highest BCUT2D eigenvalue weighted by molar-refractivity contribution is 6.00. The molecule has 19 heavy (non-hydrogen) atoms. The second-order valence-electron chi connectivity index (χ2n) is 4.67. The van der Waals surface area contributed by atoms with E-state index in [2.05, 4.69) is 4.90 Å². The fraction of sp³-hybridized carbons (Fsp3) is 0.500. The molecule has 0 bridgehead atoms. The predicted octanol–water partition coefficient (Wildman–Crippen LogP) is 2.18. The topological polar surface area (TPSA) is 29.5 Å². The van der Waals surface area contributed by atoms with Gasteiger partial charge in [-0.2, -0.15) is 0 Å². The summed E-state index contributed by atoms with van der Waals surface area (Å²) in [6.07, 6.45) is -0.717. The average molecular weight is 269 g/mol. The molecular formula is C14H17F2NO2. The van der Waals surface area contributed by atoms with Crippen molar-refractivity contribution >= 4 is 5.78 Å². The molecule has 1 heterocycles. The van der Waals surface area contributed by atoms with Crippen LogP contribution in [0, 0.1) is 18.6 Å². The minimum Gasteiger partial charge on any atom is -0.367 e. The number of halogens is 2. The number of hydrogen-bond acceptors (Lipinski definition) is 3. The molecule has 2 rings (SSSR count). The zero-order valence-corrected chi connectivity index (χ0v) is 11.1. The van der Waals surface area contributed by atoms with E-state index >= 15 is 0 Å². The van der Waals surface area contributed by atoms with Crippen LogP contribution in [0.5, 0.6) is 0 Å². The summed E-state index contributed by atoms with van der Waals surface area (Å²) in [6.45, 7) is 5.86. The Balaban J connectivity index is 2.22. The number of carbonyl (C=O) groups is 1. The zero-order valence-electron chi connectivity index (χ0n) is 11.1.